The summed E-state index contributed by atoms with van der Waals surface area (Å²) in [5.41, 5.74) is 5.29. The number of carboxylic acids is 2. The van der Waals surface area contributed by atoms with Crippen molar-refractivity contribution in [2.75, 3.05) is 72.5 Å². The predicted octanol–water partition coefficient (Wildman–Crippen LogP) is 3.07. The molecule has 0 radical (unpaired) electrons. The molecular weight excluding hydrogens is 789 g/mol. The van der Waals surface area contributed by atoms with E-state index in [1.807, 2.05) is 0 Å². The van der Waals surface area contributed by atoms with Gasteiger partial charge in [-0.2, -0.15) is 4.39 Å². The Hall–Kier alpha value is -3.78. The Labute approximate surface area is 354 Å². The molecule has 0 fully saturated rings. The molecular formula is C41H74FN5O13. The first-order valence-electron chi connectivity index (χ1n) is 21.7. The third-order valence-corrected chi connectivity index (χ3v) is 9.24. The van der Waals surface area contributed by atoms with E-state index in [-0.39, 0.29) is 122 Å². The maximum Gasteiger partial charge on any atom is 0.326 e. The highest BCUT2D eigenvalue weighted by atomic mass is 19.1. The third-order valence-electron chi connectivity index (χ3n) is 9.24. The maximum absolute atomic E-state index is 12.4. The van der Waals surface area contributed by atoms with Crippen molar-refractivity contribution in [3.8, 4) is 0 Å². The lowest BCUT2D eigenvalue weighted by atomic mass is 10.0. The molecule has 2 atom stereocenters. The van der Waals surface area contributed by atoms with E-state index in [0.29, 0.717) is 25.8 Å². The number of carbonyl (C=O) groups is 7. The smallest absolute Gasteiger partial charge is 0.326 e. The highest BCUT2D eigenvalue weighted by Crippen LogP contribution is 2.14. The standard InChI is InChI=1S/C41H74FN5O13/c42-40(54)33(43)17-15-16-22-44-37(50)31-59-29-28-58-26-24-46-38(51)32-60-30-27-57-25-23-45-35(48)21-20-34(41(55)56)47-36(49)18-13-11-9-7-5-3-1-2-4-6-8-10-12-14-19-39(52)53/h33-34H,1-32,43H2,(H,44,50)(H,45,48)(H,46,51)(H,47,49)(H,52,53)(H,55,56)/t33-,34?/m0/s1. The predicted molar refractivity (Wildman–Crippen MR) is 221 cm³/mol. The van der Waals surface area contributed by atoms with Crippen molar-refractivity contribution in [3.63, 3.8) is 0 Å². The number of hydrogen-bond donors (Lipinski definition) is 7. The van der Waals surface area contributed by atoms with Crippen LogP contribution < -0.4 is 27.0 Å². The zero-order valence-corrected chi connectivity index (χ0v) is 35.6. The van der Waals surface area contributed by atoms with Crippen molar-refractivity contribution in [2.24, 2.45) is 5.73 Å². The number of unbranched alkanes of at least 4 members (excludes halogenated alkanes) is 14. The van der Waals surface area contributed by atoms with Crippen LogP contribution in [0.3, 0.4) is 0 Å². The summed E-state index contributed by atoms with van der Waals surface area (Å²) in [7, 11) is 0. The highest BCUT2D eigenvalue weighted by Gasteiger charge is 2.21. The molecule has 0 aliphatic carbocycles. The Bertz CT molecular complexity index is 1180. The first-order chi connectivity index (χ1) is 28.9. The van der Waals surface area contributed by atoms with Gasteiger partial charge in [0, 0.05) is 38.9 Å². The summed E-state index contributed by atoms with van der Waals surface area (Å²) < 4.78 is 33.5. The first-order valence-corrected chi connectivity index (χ1v) is 21.7. The molecule has 0 aliphatic rings. The number of amides is 4. The van der Waals surface area contributed by atoms with Crippen LogP contribution in [0.1, 0.15) is 135 Å². The van der Waals surface area contributed by atoms with Crippen molar-refractivity contribution in [2.45, 2.75) is 147 Å². The number of rotatable bonds is 44. The van der Waals surface area contributed by atoms with Gasteiger partial charge in [-0.3, -0.25) is 28.8 Å². The number of carboxylic acid groups (broad SMARTS) is 2. The molecule has 348 valence electrons. The summed E-state index contributed by atoms with van der Waals surface area (Å²) in [6, 6.07) is -3.81. The zero-order chi connectivity index (χ0) is 44.5. The molecule has 0 aromatic heterocycles. The van der Waals surface area contributed by atoms with Gasteiger partial charge in [-0.1, -0.05) is 77.0 Å². The van der Waals surface area contributed by atoms with Crippen molar-refractivity contribution in [3.05, 3.63) is 0 Å². The molecule has 0 bridgehead atoms. The van der Waals surface area contributed by atoms with Crippen LogP contribution in [0.4, 0.5) is 4.39 Å². The van der Waals surface area contributed by atoms with Gasteiger partial charge in [0.05, 0.1) is 45.7 Å². The summed E-state index contributed by atoms with van der Waals surface area (Å²) in [6.07, 6.45) is 16.7. The van der Waals surface area contributed by atoms with E-state index in [2.05, 4.69) is 21.3 Å². The van der Waals surface area contributed by atoms with Crippen LogP contribution in [-0.2, 0) is 52.5 Å². The van der Waals surface area contributed by atoms with Crippen molar-refractivity contribution in [1.29, 1.82) is 0 Å². The number of halogens is 1. The average Bonchev–Trinajstić information content (AvgIpc) is 3.20. The van der Waals surface area contributed by atoms with Gasteiger partial charge in [-0.05, 0) is 38.5 Å². The summed E-state index contributed by atoms with van der Waals surface area (Å²) in [6.45, 7) is 1.66. The fourth-order valence-corrected chi connectivity index (χ4v) is 5.80. The van der Waals surface area contributed by atoms with Crippen LogP contribution in [0.15, 0.2) is 0 Å². The number of hydrogen-bond acceptors (Lipinski definition) is 12. The minimum Gasteiger partial charge on any atom is -0.481 e. The van der Waals surface area contributed by atoms with E-state index in [0.717, 1.165) is 44.9 Å². The molecule has 0 aromatic carbocycles. The van der Waals surface area contributed by atoms with Gasteiger partial charge in [0.15, 0.2) is 0 Å². The Morgan fingerprint density at radius 2 is 0.900 bits per heavy atom. The minimum absolute atomic E-state index is 0.0342. The van der Waals surface area contributed by atoms with Crippen LogP contribution in [0.5, 0.6) is 0 Å². The van der Waals surface area contributed by atoms with E-state index in [4.69, 9.17) is 29.8 Å². The second kappa shape index (κ2) is 40.6. The van der Waals surface area contributed by atoms with Crippen molar-refractivity contribution < 1.29 is 67.1 Å². The fraction of sp³-hybridized carbons (Fsp3) is 0.829. The quantitative estimate of drug-likeness (QED) is 0.0343. The van der Waals surface area contributed by atoms with Crippen LogP contribution in [-0.4, -0.2) is 136 Å². The molecule has 0 rings (SSSR count). The molecule has 4 amide bonds. The number of nitrogens with one attached hydrogen (secondary N) is 4. The lowest BCUT2D eigenvalue weighted by Gasteiger charge is -2.14. The second-order valence-electron chi connectivity index (χ2n) is 14.6. The maximum atomic E-state index is 12.4. The summed E-state index contributed by atoms with van der Waals surface area (Å²) >= 11 is 0. The Balaban J connectivity index is 3.65. The molecule has 60 heavy (non-hydrogen) atoms. The SMILES string of the molecule is N[C@@H](CCCCNC(=O)COCCOCCNC(=O)COCCOCCNC(=O)CCC(NC(=O)CCCCCCCCCCCCCCCCC(=O)O)C(=O)O)C(=O)F. The Morgan fingerprint density at radius 3 is 1.37 bits per heavy atom. The van der Waals surface area contributed by atoms with Crippen molar-refractivity contribution >= 4 is 41.6 Å². The molecule has 0 saturated carbocycles. The Morgan fingerprint density at radius 1 is 0.467 bits per heavy atom. The third kappa shape index (κ3) is 39.7. The van der Waals surface area contributed by atoms with Crippen LogP contribution in [0, 0.1) is 0 Å². The van der Waals surface area contributed by atoms with Gasteiger partial charge in [-0.25, -0.2) is 4.79 Å². The van der Waals surface area contributed by atoms with Crippen molar-refractivity contribution in [1.82, 2.24) is 21.3 Å². The lowest BCUT2D eigenvalue weighted by Crippen LogP contribution is -2.41. The Kier molecular flexibility index (Phi) is 38.1. The number of carbonyl (C=O) groups excluding carboxylic acids is 5. The van der Waals surface area contributed by atoms with E-state index in [1.165, 1.54) is 38.5 Å². The molecule has 19 heteroatoms. The van der Waals surface area contributed by atoms with E-state index >= 15 is 0 Å². The minimum atomic E-state index is -1.54. The van der Waals surface area contributed by atoms with E-state index in [1.54, 1.807) is 0 Å². The van der Waals surface area contributed by atoms with Gasteiger partial charge in [0.25, 0.3) is 0 Å². The molecule has 0 saturated heterocycles. The van der Waals surface area contributed by atoms with Gasteiger partial charge in [0.2, 0.25) is 23.6 Å². The lowest BCUT2D eigenvalue weighted by molar-refractivity contribution is -0.142. The highest BCUT2D eigenvalue weighted by molar-refractivity contribution is 5.84. The molecule has 1 unspecified atom stereocenters. The summed E-state index contributed by atoms with van der Waals surface area (Å²) in [4.78, 5) is 80.6. The number of ether oxygens (including phenoxy) is 4. The largest absolute Gasteiger partial charge is 0.481 e. The molecule has 0 spiro atoms. The topological polar surface area (TPSA) is 271 Å². The second-order valence-corrected chi connectivity index (χ2v) is 14.6. The van der Waals surface area contributed by atoms with Gasteiger partial charge < -0.3 is 56.2 Å². The normalized spacial score (nSPS) is 12.0. The number of nitrogens with two attached hydrogens (primary N) is 1. The van der Waals surface area contributed by atoms with Crippen LogP contribution >= 0.6 is 0 Å². The molecule has 0 heterocycles. The zero-order valence-electron chi connectivity index (χ0n) is 35.6. The van der Waals surface area contributed by atoms with E-state index < -0.39 is 30.1 Å². The van der Waals surface area contributed by atoms with Crippen LogP contribution in [0.25, 0.3) is 0 Å². The van der Waals surface area contributed by atoms with E-state index in [9.17, 15) is 43.1 Å². The van der Waals surface area contributed by atoms with Crippen LogP contribution in [0.2, 0.25) is 0 Å². The molecule has 0 aliphatic heterocycles. The van der Waals surface area contributed by atoms with Gasteiger partial charge in [-0.15, -0.1) is 0 Å². The average molecular weight is 864 g/mol. The monoisotopic (exact) mass is 864 g/mol. The molecule has 0 aromatic rings. The molecule has 18 nitrogen and oxygen atoms in total. The summed E-state index contributed by atoms with van der Waals surface area (Å²) in [5.74, 6) is -3.26. The van der Waals surface area contributed by atoms with Gasteiger partial charge in [0.1, 0.15) is 19.3 Å². The van der Waals surface area contributed by atoms with Gasteiger partial charge >= 0.3 is 18.0 Å². The number of aliphatic carboxylic acids is 2. The molecule has 8 N–H and O–H groups in total. The first kappa shape index (κ1) is 56.2. The fourth-order valence-electron chi connectivity index (χ4n) is 5.80. The summed E-state index contributed by atoms with van der Waals surface area (Å²) in [5, 5.41) is 28.6.